The summed E-state index contributed by atoms with van der Waals surface area (Å²) in [6, 6.07) is 8.23. The van der Waals surface area contributed by atoms with Crippen LogP contribution in [0, 0.1) is 6.92 Å². The number of anilines is 1. The van der Waals surface area contributed by atoms with Gasteiger partial charge in [0.05, 0.1) is 0 Å². The summed E-state index contributed by atoms with van der Waals surface area (Å²) in [4.78, 5) is 0. The highest BCUT2D eigenvalue weighted by Crippen LogP contribution is 2.29. The van der Waals surface area contributed by atoms with Crippen molar-refractivity contribution in [3.8, 4) is 11.1 Å². The highest BCUT2D eigenvalue weighted by Gasteiger charge is 2.03. The van der Waals surface area contributed by atoms with Crippen LogP contribution in [-0.4, -0.2) is 0 Å². The van der Waals surface area contributed by atoms with Gasteiger partial charge in [-0.3, -0.25) is 0 Å². The van der Waals surface area contributed by atoms with Crippen molar-refractivity contribution in [1.82, 2.24) is 0 Å². The van der Waals surface area contributed by atoms with Crippen molar-refractivity contribution in [1.29, 1.82) is 0 Å². The Kier molecular flexibility index (Phi) is 2.07. The Bertz CT molecular complexity index is 404. The fourth-order valence-electron chi connectivity index (χ4n) is 1.35. The molecule has 0 amide bonds. The SMILES string of the molecule is Cc1cccc(-c2ccsc2)c1N. The minimum absolute atomic E-state index is 0.890. The van der Waals surface area contributed by atoms with E-state index in [1.54, 1.807) is 11.3 Å². The molecule has 0 aliphatic carbocycles. The first kappa shape index (κ1) is 8.32. The second-order valence-electron chi connectivity index (χ2n) is 3.05. The minimum Gasteiger partial charge on any atom is -0.398 e. The average molecular weight is 189 g/mol. The summed E-state index contributed by atoms with van der Waals surface area (Å²) in [7, 11) is 0. The second-order valence-corrected chi connectivity index (χ2v) is 3.83. The van der Waals surface area contributed by atoms with Crippen LogP contribution in [0.25, 0.3) is 11.1 Å². The van der Waals surface area contributed by atoms with Crippen molar-refractivity contribution < 1.29 is 0 Å². The van der Waals surface area contributed by atoms with E-state index in [-0.39, 0.29) is 0 Å². The van der Waals surface area contributed by atoms with Crippen LogP contribution in [-0.2, 0) is 0 Å². The van der Waals surface area contributed by atoms with E-state index < -0.39 is 0 Å². The standard InChI is InChI=1S/C11H11NS/c1-8-3-2-4-10(11(8)12)9-5-6-13-7-9/h2-7H,12H2,1H3. The minimum atomic E-state index is 0.890. The molecule has 1 heterocycles. The number of para-hydroxylation sites is 1. The van der Waals surface area contributed by atoms with E-state index in [4.69, 9.17) is 5.73 Å². The summed E-state index contributed by atoms with van der Waals surface area (Å²) in [5.41, 5.74) is 10.4. The molecule has 1 aromatic carbocycles. The fraction of sp³-hybridized carbons (Fsp3) is 0.0909. The molecule has 0 saturated heterocycles. The maximum atomic E-state index is 5.98. The summed E-state index contributed by atoms with van der Waals surface area (Å²) < 4.78 is 0. The first-order valence-electron chi connectivity index (χ1n) is 4.16. The highest BCUT2D eigenvalue weighted by molar-refractivity contribution is 7.08. The zero-order valence-corrected chi connectivity index (χ0v) is 8.27. The molecule has 0 spiro atoms. The lowest BCUT2D eigenvalue weighted by Gasteiger charge is -2.05. The van der Waals surface area contributed by atoms with E-state index >= 15 is 0 Å². The first-order valence-corrected chi connectivity index (χ1v) is 5.11. The Balaban J connectivity index is 2.59. The molecule has 66 valence electrons. The lowest BCUT2D eigenvalue weighted by molar-refractivity contribution is 1.47. The normalized spacial score (nSPS) is 10.2. The number of rotatable bonds is 1. The van der Waals surface area contributed by atoms with Gasteiger partial charge in [0.15, 0.2) is 0 Å². The summed E-state index contributed by atoms with van der Waals surface area (Å²) in [6.45, 7) is 2.03. The summed E-state index contributed by atoms with van der Waals surface area (Å²) >= 11 is 1.69. The number of nitrogen functional groups attached to an aromatic ring is 1. The number of aryl methyl sites for hydroxylation is 1. The molecule has 0 unspecified atom stereocenters. The molecule has 0 aliphatic rings. The smallest absolute Gasteiger partial charge is 0.0423 e. The molecule has 1 aromatic heterocycles. The molecule has 0 aliphatic heterocycles. The van der Waals surface area contributed by atoms with Crippen LogP contribution in [0.2, 0.25) is 0 Å². The molecular formula is C11H11NS. The summed E-state index contributed by atoms with van der Waals surface area (Å²) in [6.07, 6.45) is 0. The van der Waals surface area contributed by atoms with E-state index in [1.807, 2.05) is 19.1 Å². The van der Waals surface area contributed by atoms with Gasteiger partial charge in [0.1, 0.15) is 0 Å². The van der Waals surface area contributed by atoms with Crippen molar-refractivity contribution in [2.24, 2.45) is 0 Å². The largest absolute Gasteiger partial charge is 0.398 e. The van der Waals surface area contributed by atoms with E-state index in [2.05, 4.69) is 22.9 Å². The van der Waals surface area contributed by atoms with Gasteiger partial charge >= 0.3 is 0 Å². The number of thiophene rings is 1. The van der Waals surface area contributed by atoms with Gasteiger partial charge in [0.2, 0.25) is 0 Å². The quantitative estimate of drug-likeness (QED) is 0.684. The lowest BCUT2D eigenvalue weighted by Crippen LogP contribution is -1.92. The van der Waals surface area contributed by atoms with Crippen LogP contribution >= 0.6 is 11.3 Å². The van der Waals surface area contributed by atoms with Gasteiger partial charge in [-0.1, -0.05) is 18.2 Å². The molecule has 0 bridgehead atoms. The molecule has 2 N–H and O–H groups in total. The lowest BCUT2D eigenvalue weighted by atomic mass is 10.0. The third kappa shape index (κ3) is 1.45. The molecule has 2 rings (SSSR count). The number of nitrogens with two attached hydrogens (primary N) is 1. The van der Waals surface area contributed by atoms with E-state index in [0.717, 1.165) is 16.8 Å². The van der Waals surface area contributed by atoms with Crippen molar-refractivity contribution >= 4 is 17.0 Å². The van der Waals surface area contributed by atoms with Gasteiger partial charge in [-0.25, -0.2) is 0 Å². The van der Waals surface area contributed by atoms with Gasteiger partial charge in [-0.2, -0.15) is 11.3 Å². The monoisotopic (exact) mass is 189 g/mol. The van der Waals surface area contributed by atoms with Crippen LogP contribution < -0.4 is 5.73 Å². The van der Waals surface area contributed by atoms with Crippen molar-refractivity contribution in [3.05, 3.63) is 40.6 Å². The maximum absolute atomic E-state index is 5.98. The topological polar surface area (TPSA) is 26.0 Å². The Morgan fingerprint density at radius 1 is 1.23 bits per heavy atom. The molecule has 13 heavy (non-hydrogen) atoms. The molecule has 2 heteroatoms. The second kappa shape index (κ2) is 3.23. The highest BCUT2D eigenvalue weighted by atomic mass is 32.1. The third-order valence-corrected chi connectivity index (χ3v) is 2.84. The van der Waals surface area contributed by atoms with E-state index in [0.29, 0.717) is 0 Å². The maximum Gasteiger partial charge on any atom is 0.0423 e. The molecule has 1 nitrogen and oxygen atoms in total. The van der Waals surface area contributed by atoms with Crippen molar-refractivity contribution in [2.45, 2.75) is 6.92 Å². The average Bonchev–Trinajstić information content (AvgIpc) is 2.62. The Morgan fingerprint density at radius 3 is 2.77 bits per heavy atom. The zero-order valence-electron chi connectivity index (χ0n) is 7.45. The molecule has 0 radical (unpaired) electrons. The Labute approximate surface area is 81.8 Å². The summed E-state index contributed by atoms with van der Waals surface area (Å²) in [5, 5.41) is 4.18. The van der Waals surface area contributed by atoms with Crippen LogP contribution in [0.5, 0.6) is 0 Å². The van der Waals surface area contributed by atoms with Crippen LogP contribution in [0.4, 0.5) is 5.69 Å². The number of hydrogen-bond acceptors (Lipinski definition) is 2. The van der Waals surface area contributed by atoms with Gasteiger partial charge in [-0.05, 0) is 34.9 Å². The molecule has 0 fully saturated rings. The number of hydrogen-bond donors (Lipinski definition) is 1. The molecule has 2 aromatic rings. The summed E-state index contributed by atoms with van der Waals surface area (Å²) in [5.74, 6) is 0. The Hall–Kier alpha value is -1.28. The van der Waals surface area contributed by atoms with Crippen molar-refractivity contribution in [3.63, 3.8) is 0 Å². The van der Waals surface area contributed by atoms with Gasteiger partial charge < -0.3 is 5.73 Å². The fourth-order valence-corrected chi connectivity index (χ4v) is 2.01. The Morgan fingerprint density at radius 2 is 2.08 bits per heavy atom. The van der Waals surface area contributed by atoms with Crippen LogP contribution in [0.3, 0.4) is 0 Å². The molecule has 0 saturated carbocycles. The van der Waals surface area contributed by atoms with E-state index in [1.165, 1.54) is 5.56 Å². The van der Waals surface area contributed by atoms with Crippen molar-refractivity contribution in [2.75, 3.05) is 5.73 Å². The predicted molar refractivity (Wildman–Crippen MR) is 58.9 cm³/mol. The van der Waals surface area contributed by atoms with E-state index in [9.17, 15) is 0 Å². The van der Waals surface area contributed by atoms with Gasteiger partial charge in [-0.15, -0.1) is 0 Å². The van der Waals surface area contributed by atoms with Crippen LogP contribution in [0.1, 0.15) is 5.56 Å². The zero-order chi connectivity index (χ0) is 9.26. The number of benzene rings is 1. The van der Waals surface area contributed by atoms with Crippen LogP contribution in [0.15, 0.2) is 35.0 Å². The molecular weight excluding hydrogens is 178 g/mol. The predicted octanol–water partition coefficient (Wildman–Crippen LogP) is 3.31. The van der Waals surface area contributed by atoms with Gasteiger partial charge in [0.25, 0.3) is 0 Å². The first-order chi connectivity index (χ1) is 6.29. The molecule has 0 atom stereocenters. The van der Waals surface area contributed by atoms with Gasteiger partial charge in [0, 0.05) is 11.3 Å². The third-order valence-electron chi connectivity index (χ3n) is 2.16.